The molecule has 0 saturated heterocycles. The number of hydrogen-bond acceptors (Lipinski definition) is 5. The second-order valence-corrected chi connectivity index (χ2v) is 4.33. The van der Waals surface area contributed by atoms with Crippen molar-refractivity contribution in [2.75, 3.05) is 23.9 Å². The average molecular weight is 434 g/mol. The molecule has 0 aromatic carbocycles. The molecule has 0 atom stereocenters. The van der Waals surface area contributed by atoms with Crippen LogP contribution < -0.4 is 9.80 Å². The second kappa shape index (κ2) is 5.63. The van der Waals surface area contributed by atoms with Gasteiger partial charge in [-0.05, 0) is 51.0 Å². The fourth-order valence-corrected chi connectivity index (χ4v) is 1.87. The summed E-state index contributed by atoms with van der Waals surface area (Å²) in [5, 5.41) is 0. The van der Waals surface area contributed by atoms with Gasteiger partial charge < -0.3 is 19.6 Å². The van der Waals surface area contributed by atoms with Gasteiger partial charge in [-0.25, -0.2) is 4.98 Å². The molecule has 0 amide bonds. The second-order valence-electron chi connectivity index (χ2n) is 4.33. The Morgan fingerprint density at radius 1 is 0.842 bits per heavy atom. The molecule has 5 nitrogen and oxygen atoms in total. The molecule has 0 N–H and O–H groups in total. The molecule has 3 rings (SSSR count). The third-order valence-corrected chi connectivity index (χ3v) is 2.79. The molecule has 2 aliphatic rings. The molecule has 0 radical (unpaired) electrons. The van der Waals surface area contributed by atoms with Crippen LogP contribution in [-0.4, -0.2) is 28.9 Å². The van der Waals surface area contributed by atoms with Gasteiger partial charge in [0.15, 0.2) is 0 Å². The summed E-state index contributed by atoms with van der Waals surface area (Å²) in [4.78, 5) is 12.6. The predicted molar refractivity (Wildman–Crippen MR) is 71.6 cm³/mol. The van der Waals surface area contributed by atoms with Crippen LogP contribution in [0.5, 0.6) is 0 Å². The van der Waals surface area contributed by atoms with E-state index in [0.717, 1.165) is 11.6 Å². The Kier molecular flexibility index (Phi) is 4.12. The largest absolute Gasteiger partial charge is 3.00 e. The number of rotatable bonds is 2. The van der Waals surface area contributed by atoms with Crippen molar-refractivity contribution in [1.29, 1.82) is 0 Å². The van der Waals surface area contributed by atoms with E-state index in [1.807, 2.05) is 90.0 Å². The van der Waals surface area contributed by atoms with Crippen molar-refractivity contribution >= 4 is 11.6 Å². The van der Waals surface area contributed by atoms with E-state index in [1.54, 1.807) is 0 Å². The molecule has 0 fully saturated rings. The van der Waals surface area contributed by atoms with Crippen LogP contribution in [0.3, 0.4) is 0 Å². The fourth-order valence-electron chi connectivity index (χ4n) is 1.87. The number of aromatic nitrogens is 1. The van der Waals surface area contributed by atoms with Crippen LogP contribution in [0.1, 0.15) is 0 Å². The Labute approximate surface area is 127 Å². The van der Waals surface area contributed by atoms with E-state index in [4.69, 9.17) is 0 Å². The molecule has 0 unspecified atom stereocenters. The van der Waals surface area contributed by atoms with E-state index in [0.29, 0.717) is 0 Å². The summed E-state index contributed by atoms with van der Waals surface area (Å²) < 4.78 is 0. The zero-order valence-electron chi connectivity index (χ0n) is 10.8. The molecule has 0 spiro atoms. The maximum atomic E-state index is 4.64. The van der Waals surface area contributed by atoms with Crippen molar-refractivity contribution in [3.8, 4) is 0 Å². The maximum Gasteiger partial charge on any atom is 3.00 e. The van der Waals surface area contributed by atoms with Crippen LogP contribution in [0.2, 0.25) is 0 Å². The van der Waals surface area contributed by atoms with Crippen LogP contribution in [-0.2, 0) is 20.1 Å². The predicted octanol–water partition coefficient (Wildman–Crippen LogP) is 1.76. The molecule has 6 heteroatoms. The summed E-state index contributed by atoms with van der Waals surface area (Å²) in [6.45, 7) is 3.98. The summed E-state index contributed by atoms with van der Waals surface area (Å²) in [5.74, 6) is 1.81. The van der Waals surface area contributed by atoms with Gasteiger partial charge in [-0.1, -0.05) is 6.07 Å². The van der Waals surface area contributed by atoms with Crippen LogP contribution in [0.4, 0.5) is 11.6 Å². The van der Waals surface area contributed by atoms with Gasteiger partial charge in [-0.15, -0.1) is 13.3 Å². The van der Waals surface area contributed by atoms with E-state index in [2.05, 4.69) is 4.98 Å². The quantitative estimate of drug-likeness (QED) is 0.663. The zero-order valence-corrected chi connectivity index (χ0v) is 13.2. The molecule has 3 heterocycles. The van der Waals surface area contributed by atoms with Crippen molar-refractivity contribution in [3.05, 3.63) is 56.3 Å². The zero-order chi connectivity index (χ0) is 12.5. The minimum absolute atomic E-state index is 0. The van der Waals surface area contributed by atoms with Gasteiger partial charge in [0.2, 0.25) is 0 Å². The van der Waals surface area contributed by atoms with Crippen LogP contribution in [0.25, 0.3) is 0 Å². The number of nitrogens with zero attached hydrogens (tertiary/aromatic N) is 5. The molecule has 1 aromatic heterocycles. The first kappa shape index (κ1) is 13.9. The molecule has 2 aliphatic heterocycles. The normalized spacial score (nSPS) is 17.4. The molecule has 0 saturated carbocycles. The Morgan fingerprint density at radius 3 is 1.68 bits per heavy atom. The van der Waals surface area contributed by atoms with E-state index in [9.17, 15) is 0 Å². The Hall–Kier alpha value is -1.52. The van der Waals surface area contributed by atoms with Gasteiger partial charge in [0, 0.05) is 0 Å². The van der Waals surface area contributed by atoms with Crippen LogP contribution >= 0.6 is 0 Å². The van der Waals surface area contributed by atoms with Crippen LogP contribution in [0.15, 0.2) is 43.0 Å². The summed E-state index contributed by atoms with van der Waals surface area (Å²) in [7, 11) is 3.98. The molecule has 1 aromatic rings. The minimum atomic E-state index is 0. The number of hydrogen-bond donors (Lipinski definition) is 0. The van der Waals surface area contributed by atoms with Gasteiger partial charge in [0.05, 0.1) is 0 Å². The molecule has 0 bridgehead atoms. The smallest absolute Gasteiger partial charge is 0.510 e. The third kappa shape index (κ3) is 2.91. The molecule has 0 aliphatic carbocycles. The maximum absolute atomic E-state index is 4.64. The van der Waals surface area contributed by atoms with Crippen molar-refractivity contribution in [2.24, 2.45) is 0 Å². The summed E-state index contributed by atoms with van der Waals surface area (Å²) >= 11 is 0. The SMILES string of the molecule is CN1C=CN(c2cccc(N3C=CN(C)[CH-]3)n2)[CH-]1.[Ir+3]. The summed E-state index contributed by atoms with van der Waals surface area (Å²) in [6, 6.07) is 6.00. The first-order valence-corrected chi connectivity index (χ1v) is 5.77. The van der Waals surface area contributed by atoms with Crippen molar-refractivity contribution < 1.29 is 20.1 Å². The van der Waals surface area contributed by atoms with Gasteiger partial charge in [-0.2, -0.15) is 0 Å². The first-order chi connectivity index (χ1) is 8.72. The fraction of sp³-hybridized carbons (Fsp3) is 0.154. The molecular weight excluding hydrogens is 418 g/mol. The molecule has 19 heavy (non-hydrogen) atoms. The Bertz CT molecular complexity index is 460. The van der Waals surface area contributed by atoms with Crippen LogP contribution in [0, 0.1) is 13.3 Å². The van der Waals surface area contributed by atoms with Gasteiger partial charge in [-0.3, -0.25) is 0 Å². The first-order valence-electron chi connectivity index (χ1n) is 5.77. The van der Waals surface area contributed by atoms with Crippen molar-refractivity contribution in [1.82, 2.24) is 14.8 Å². The minimum Gasteiger partial charge on any atom is -0.510 e. The Balaban J connectivity index is 0.00000133. The molecule has 100 valence electrons. The standard InChI is InChI=1S/C13H15N5.Ir/c1-15-6-8-17(10-15)12-4-3-5-13(14-12)18-9-7-16(2)11-18;/h3-11H,1-2H3;/q-2;+3. The number of pyridine rings is 1. The van der Waals surface area contributed by atoms with Gasteiger partial charge in [0.1, 0.15) is 11.6 Å². The van der Waals surface area contributed by atoms with E-state index >= 15 is 0 Å². The van der Waals surface area contributed by atoms with Gasteiger partial charge >= 0.3 is 20.1 Å². The summed E-state index contributed by atoms with van der Waals surface area (Å²) in [5.41, 5.74) is 0. The van der Waals surface area contributed by atoms with Gasteiger partial charge in [0.25, 0.3) is 0 Å². The van der Waals surface area contributed by atoms with E-state index < -0.39 is 0 Å². The average Bonchev–Trinajstić information content (AvgIpc) is 2.98. The molecular formula is C13H15IrN5+. The third-order valence-electron chi connectivity index (χ3n) is 2.79. The van der Waals surface area contributed by atoms with Crippen molar-refractivity contribution in [2.45, 2.75) is 0 Å². The summed E-state index contributed by atoms with van der Waals surface area (Å²) in [6.07, 6.45) is 7.96. The van der Waals surface area contributed by atoms with Crippen molar-refractivity contribution in [3.63, 3.8) is 0 Å². The van der Waals surface area contributed by atoms with E-state index in [-0.39, 0.29) is 20.1 Å². The number of anilines is 2. The monoisotopic (exact) mass is 434 g/mol. The topological polar surface area (TPSA) is 25.9 Å². The Morgan fingerprint density at radius 2 is 1.32 bits per heavy atom. The van der Waals surface area contributed by atoms with E-state index in [1.165, 1.54) is 0 Å².